The summed E-state index contributed by atoms with van der Waals surface area (Å²) in [5.74, 6) is -0.350. The lowest BCUT2D eigenvalue weighted by Gasteiger charge is -2.22. The first-order valence-corrected chi connectivity index (χ1v) is 7.40. The molecular formula is C19H17NO2. The van der Waals surface area contributed by atoms with E-state index in [2.05, 4.69) is 0 Å². The molecule has 0 aliphatic carbocycles. The van der Waals surface area contributed by atoms with Gasteiger partial charge >= 0.3 is 0 Å². The van der Waals surface area contributed by atoms with Crippen LogP contribution in [0, 0.1) is 0 Å². The fraction of sp³-hybridized carbons (Fsp3) is 0.158. The fourth-order valence-electron chi connectivity index (χ4n) is 2.76. The average molecular weight is 291 g/mol. The van der Waals surface area contributed by atoms with Gasteiger partial charge in [0, 0.05) is 12.5 Å². The molecule has 110 valence electrons. The minimum absolute atomic E-state index is 0.100. The van der Waals surface area contributed by atoms with Crippen molar-refractivity contribution in [2.45, 2.75) is 18.9 Å². The topological polar surface area (TPSA) is 37.4 Å². The summed E-state index contributed by atoms with van der Waals surface area (Å²) < 4.78 is 0. The van der Waals surface area contributed by atoms with Crippen molar-refractivity contribution in [3.63, 3.8) is 0 Å². The predicted octanol–water partition coefficient (Wildman–Crippen LogP) is 3.59. The standard InChI is InChI=1S/C19H17NO2/c21-18(13-11-15-7-3-1-4-8-15)20-17(12-14-19(20)22)16-9-5-2-6-10-16/h1-11,13,17H,12,14H2/b13-11+. The Morgan fingerprint density at radius 2 is 1.64 bits per heavy atom. The Labute approximate surface area is 129 Å². The molecule has 3 rings (SSSR count). The van der Waals surface area contributed by atoms with E-state index in [0.29, 0.717) is 12.8 Å². The number of imide groups is 1. The van der Waals surface area contributed by atoms with Crippen molar-refractivity contribution < 1.29 is 9.59 Å². The van der Waals surface area contributed by atoms with Crippen LogP contribution < -0.4 is 0 Å². The smallest absolute Gasteiger partial charge is 0.253 e. The predicted molar refractivity (Wildman–Crippen MR) is 85.7 cm³/mol. The number of carbonyl (C=O) groups is 2. The van der Waals surface area contributed by atoms with Gasteiger partial charge in [0.15, 0.2) is 0 Å². The molecule has 2 aromatic carbocycles. The number of nitrogens with zero attached hydrogens (tertiary/aromatic N) is 1. The molecule has 1 aliphatic heterocycles. The number of likely N-dealkylation sites (tertiary alicyclic amines) is 1. The Balaban J connectivity index is 1.80. The third-order valence-electron chi connectivity index (χ3n) is 3.85. The van der Waals surface area contributed by atoms with Crippen molar-refractivity contribution in [1.82, 2.24) is 4.90 Å². The second-order valence-corrected chi connectivity index (χ2v) is 5.31. The van der Waals surface area contributed by atoms with Gasteiger partial charge in [-0.25, -0.2) is 0 Å². The van der Waals surface area contributed by atoms with Crippen molar-refractivity contribution in [2.75, 3.05) is 0 Å². The van der Waals surface area contributed by atoms with Gasteiger partial charge in [-0.15, -0.1) is 0 Å². The van der Waals surface area contributed by atoms with Gasteiger partial charge in [-0.05, 0) is 23.6 Å². The van der Waals surface area contributed by atoms with E-state index in [-0.39, 0.29) is 17.9 Å². The first kappa shape index (κ1) is 14.3. The van der Waals surface area contributed by atoms with Crippen molar-refractivity contribution >= 4 is 17.9 Å². The first-order chi connectivity index (χ1) is 10.8. The van der Waals surface area contributed by atoms with Gasteiger partial charge < -0.3 is 0 Å². The second kappa shape index (κ2) is 6.39. The lowest BCUT2D eigenvalue weighted by molar-refractivity contribution is -0.140. The molecule has 1 atom stereocenters. The van der Waals surface area contributed by atoms with Gasteiger partial charge in [-0.3, -0.25) is 14.5 Å². The summed E-state index contributed by atoms with van der Waals surface area (Å²) in [5, 5.41) is 0. The zero-order chi connectivity index (χ0) is 15.4. The molecule has 0 spiro atoms. The minimum atomic E-state index is -0.250. The maximum atomic E-state index is 12.4. The molecule has 0 saturated carbocycles. The normalized spacial score (nSPS) is 18.1. The van der Waals surface area contributed by atoms with Crippen LogP contribution in [0.2, 0.25) is 0 Å². The lowest BCUT2D eigenvalue weighted by atomic mass is 10.0. The van der Waals surface area contributed by atoms with Gasteiger partial charge in [-0.2, -0.15) is 0 Å². The van der Waals surface area contributed by atoms with Crippen molar-refractivity contribution in [1.29, 1.82) is 0 Å². The molecule has 1 aliphatic rings. The van der Waals surface area contributed by atoms with E-state index in [1.54, 1.807) is 6.08 Å². The first-order valence-electron chi connectivity index (χ1n) is 7.40. The molecule has 0 aromatic heterocycles. The number of hydrogen-bond donors (Lipinski definition) is 0. The van der Waals surface area contributed by atoms with E-state index >= 15 is 0 Å². The van der Waals surface area contributed by atoms with Crippen molar-refractivity contribution in [3.05, 3.63) is 77.9 Å². The largest absolute Gasteiger partial charge is 0.274 e. The van der Waals surface area contributed by atoms with E-state index in [9.17, 15) is 9.59 Å². The molecule has 1 fully saturated rings. The number of benzene rings is 2. The number of hydrogen-bond acceptors (Lipinski definition) is 2. The van der Waals surface area contributed by atoms with Crippen LogP contribution in [-0.2, 0) is 9.59 Å². The summed E-state index contributed by atoms with van der Waals surface area (Å²) in [4.78, 5) is 25.9. The van der Waals surface area contributed by atoms with Crippen LogP contribution in [0.3, 0.4) is 0 Å². The van der Waals surface area contributed by atoms with Gasteiger partial charge in [-0.1, -0.05) is 60.7 Å². The summed E-state index contributed by atoms with van der Waals surface area (Å²) in [5.41, 5.74) is 1.95. The minimum Gasteiger partial charge on any atom is -0.274 e. The molecule has 2 amide bonds. The molecule has 1 saturated heterocycles. The molecule has 3 nitrogen and oxygen atoms in total. The van der Waals surface area contributed by atoms with Crippen LogP contribution in [-0.4, -0.2) is 16.7 Å². The zero-order valence-corrected chi connectivity index (χ0v) is 12.2. The Kier molecular flexibility index (Phi) is 4.15. The van der Waals surface area contributed by atoms with Gasteiger partial charge in [0.2, 0.25) is 5.91 Å². The summed E-state index contributed by atoms with van der Waals surface area (Å²) in [6.07, 6.45) is 4.34. The Bertz CT molecular complexity index is 692. The highest BCUT2D eigenvalue weighted by Gasteiger charge is 2.35. The van der Waals surface area contributed by atoms with Gasteiger partial charge in [0.25, 0.3) is 5.91 Å². The van der Waals surface area contributed by atoms with Crippen LogP contribution in [0.4, 0.5) is 0 Å². The number of carbonyl (C=O) groups excluding carboxylic acids is 2. The quantitative estimate of drug-likeness (QED) is 0.810. The molecule has 0 N–H and O–H groups in total. The van der Waals surface area contributed by atoms with Crippen molar-refractivity contribution in [3.8, 4) is 0 Å². The lowest BCUT2D eigenvalue weighted by Crippen LogP contribution is -2.32. The van der Waals surface area contributed by atoms with Gasteiger partial charge in [0.05, 0.1) is 6.04 Å². The summed E-state index contributed by atoms with van der Waals surface area (Å²) in [6, 6.07) is 19.2. The van der Waals surface area contributed by atoms with E-state index in [1.165, 1.54) is 11.0 Å². The number of amides is 2. The van der Waals surface area contributed by atoms with Crippen LogP contribution in [0.15, 0.2) is 66.7 Å². The summed E-state index contributed by atoms with van der Waals surface area (Å²) >= 11 is 0. The zero-order valence-electron chi connectivity index (χ0n) is 12.2. The molecule has 1 unspecified atom stereocenters. The molecule has 1 heterocycles. The molecule has 3 heteroatoms. The van der Waals surface area contributed by atoms with E-state index in [0.717, 1.165) is 11.1 Å². The molecule has 2 aromatic rings. The second-order valence-electron chi connectivity index (χ2n) is 5.31. The maximum absolute atomic E-state index is 12.4. The average Bonchev–Trinajstić information content (AvgIpc) is 2.96. The maximum Gasteiger partial charge on any atom is 0.253 e. The monoisotopic (exact) mass is 291 g/mol. The highest BCUT2D eigenvalue weighted by atomic mass is 16.2. The van der Waals surface area contributed by atoms with Crippen LogP contribution >= 0.6 is 0 Å². The summed E-state index contributed by atoms with van der Waals surface area (Å²) in [6.45, 7) is 0. The Morgan fingerprint density at radius 1 is 1.00 bits per heavy atom. The van der Waals surface area contributed by atoms with Crippen LogP contribution in [0.25, 0.3) is 6.08 Å². The van der Waals surface area contributed by atoms with Crippen LogP contribution in [0.1, 0.15) is 30.0 Å². The SMILES string of the molecule is O=C(/C=C/c1ccccc1)N1C(=O)CCC1c1ccccc1. The fourth-order valence-corrected chi connectivity index (χ4v) is 2.76. The summed E-state index contributed by atoms with van der Waals surface area (Å²) in [7, 11) is 0. The molecule has 0 radical (unpaired) electrons. The van der Waals surface area contributed by atoms with E-state index in [4.69, 9.17) is 0 Å². The Hall–Kier alpha value is -2.68. The third-order valence-corrected chi connectivity index (χ3v) is 3.85. The molecular weight excluding hydrogens is 274 g/mol. The van der Waals surface area contributed by atoms with E-state index < -0.39 is 0 Å². The highest BCUT2D eigenvalue weighted by Crippen LogP contribution is 2.32. The van der Waals surface area contributed by atoms with Crippen LogP contribution in [0.5, 0.6) is 0 Å². The van der Waals surface area contributed by atoms with Gasteiger partial charge in [0.1, 0.15) is 0 Å². The third kappa shape index (κ3) is 2.98. The molecule has 22 heavy (non-hydrogen) atoms. The molecule has 0 bridgehead atoms. The van der Waals surface area contributed by atoms with Crippen molar-refractivity contribution in [2.24, 2.45) is 0 Å². The Morgan fingerprint density at radius 3 is 2.32 bits per heavy atom. The van der Waals surface area contributed by atoms with E-state index in [1.807, 2.05) is 60.7 Å². The number of rotatable bonds is 3. The highest BCUT2D eigenvalue weighted by molar-refractivity contribution is 6.04.